The number of rotatable bonds is 2. The highest BCUT2D eigenvalue weighted by atomic mass is 32.2. The van der Waals surface area contributed by atoms with Crippen LogP contribution in [0.2, 0.25) is 0 Å². The zero-order valence-corrected chi connectivity index (χ0v) is 12.0. The normalized spacial score (nSPS) is 17.6. The third kappa shape index (κ3) is 2.82. The lowest BCUT2D eigenvalue weighted by molar-refractivity contribution is -0.384. The summed E-state index contributed by atoms with van der Waals surface area (Å²) in [5.41, 5.74) is 1.38. The van der Waals surface area contributed by atoms with Crippen LogP contribution in [0, 0.1) is 10.1 Å². The number of allylic oxidation sites excluding steroid dienone is 2. The van der Waals surface area contributed by atoms with Gasteiger partial charge in [0.25, 0.3) is 11.6 Å². The summed E-state index contributed by atoms with van der Waals surface area (Å²) in [5, 5.41) is 14.9. The Hall–Kier alpha value is -2.15. The number of non-ortho nitro benzene ring substituents is 1. The Kier molecular flexibility index (Phi) is 3.74. The maximum Gasteiger partial charge on any atom is 0.284 e. The largest absolute Gasteiger partial charge is 0.284 e. The van der Waals surface area contributed by atoms with Crippen molar-refractivity contribution in [2.24, 2.45) is 5.10 Å². The second kappa shape index (κ2) is 5.69. The van der Waals surface area contributed by atoms with Gasteiger partial charge in [-0.25, -0.2) is 0 Å². The Morgan fingerprint density at radius 1 is 1.33 bits per heavy atom. The van der Waals surface area contributed by atoms with Gasteiger partial charge in [-0.2, -0.15) is 9.52 Å². The summed E-state index contributed by atoms with van der Waals surface area (Å²) in [6.07, 6.45) is 5.98. The highest BCUT2D eigenvalue weighted by Gasteiger charge is 2.25. The van der Waals surface area contributed by atoms with Gasteiger partial charge in [0.2, 0.25) is 0 Å². The second-order valence-electron chi connectivity index (χ2n) is 4.88. The average Bonchev–Trinajstić information content (AvgIpc) is 2.53. The van der Waals surface area contributed by atoms with Crippen LogP contribution in [0.3, 0.4) is 0 Å². The molecule has 7 heteroatoms. The molecular weight excluding hydrogens is 290 g/mol. The van der Waals surface area contributed by atoms with Gasteiger partial charge in [-0.3, -0.25) is 14.9 Å². The van der Waals surface area contributed by atoms with E-state index in [1.54, 1.807) is 12.3 Å². The first-order chi connectivity index (χ1) is 10.1. The molecule has 0 unspecified atom stereocenters. The molecule has 6 nitrogen and oxygen atoms in total. The molecule has 108 valence electrons. The van der Waals surface area contributed by atoms with Gasteiger partial charge < -0.3 is 0 Å². The van der Waals surface area contributed by atoms with E-state index in [4.69, 9.17) is 0 Å². The van der Waals surface area contributed by atoms with Crippen LogP contribution in [0.5, 0.6) is 0 Å². The van der Waals surface area contributed by atoms with Crippen molar-refractivity contribution >= 4 is 29.8 Å². The van der Waals surface area contributed by atoms with Crippen LogP contribution in [-0.2, 0) is 0 Å². The van der Waals surface area contributed by atoms with E-state index in [1.807, 2.05) is 0 Å². The van der Waals surface area contributed by atoms with Crippen molar-refractivity contribution < 1.29 is 9.72 Å². The molecule has 1 aromatic rings. The summed E-state index contributed by atoms with van der Waals surface area (Å²) in [6, 6.07) is 5.72. The summed E-state index contributed by atoms with van der Waals surface area (Å²) in [4.78, 5) is 23.8. The van der Waals surface area contributed by atoms with E-state index in [9.17, 15) is 14.9 Å². The number of carbonyl (C=O) groups excluding carboxylic acids is 1. The highest BCUT2D eigenvalue weighted by Crippen LogP contribution is 2.37. The van der Waals surface area contributed by atoms with Crippen LogP contribution in [-0.4, -0.2) is 21.5 Å². The Bertz CT molecular complexity index is 669. The molecule has 0 fully saturated rings. The molecule has 3 rings (SSSR count). The van der Waals surface area contributed by atoms with Gasteiger partial charge in [0.05, 0.1) is 11.1 Å². The van der Waals surface area contributed by atoms with Gasteiger partial charge in [-0.05, 0) is 37.3 Å². The smallest absolute Gasteiger partial charge is 0.266 e. The number of amides is 1. The van der Waals surface area contributed by atoms with Gasteiger partial charge in [-0.15, -0.1) is 0 Å². The number of carbonyl (C=O) groups is 1. The summed E-state index contributed by atoms with van der Waals surface area (Å²) in [5.74, 6) is -0.336. The summed E-state index contributed by atoms with van der Waals surface area (Å²) < 4.78 is 1.31. The molecule has 0 aromatic heterocycles. The zero-order chi connectivity index (χ0) is 14.8. The first kappa shape index (κ1) is 13.8. The summed E-state index contributed by atoms with van der Waals surface area (Å²) in [6.45, 7) is 0. The molecule has 0 spiro atoms. The molecule has 0 atom stereocenters. The van der Waals surface area contributed by atoms with Crippen LogP contribution in [0.15, 0.2) is 39.8 Å². The van der Waals surface area contributed by atoms with E-state index in [-0.39, 0.29) is 17.2 Å². The highest BCUT2D eigenvalue weighted by molar-refractivity contribution is 8.01. The molecule has 1 aliphatic carbocycles. The lowest BCUT2D eigenvalue weighted by atomic mass is 10.0. The minimum Gasteiger partial charge on any atom is -0.266 e. The van der Waals surface area contributed by atoms with Crippen LogP contribution in [0.4, 0.5) is 5.69 Å². The number of nitro groups is 1. The molecule has 21 heavy (non-hydrogen) atoms. The van der Waals surface area contributed by atoms with E-state index in [0.717, 1.165) is 25.7 Å². The minimum absolute atomic E-state index is 0.0931. The predicted molar refractivity (Wildman–Crippen MR) is 80.8 cm³/mol. The second-order valence-corrected chi connectivity index (χ2v) is 5.90. The fourth-order valence-corrected chi connectivity index (χ4v) is 3.35. The van der Waals surface area contributed by atoms with E-state index in [2.05, 4.69) is 5.10 Å². The van der Waals surface area contributed by atoms with E-state index < -0.39 is 4.92 Å². The monoisotopic (exact) mass is 303 g/mol. The van der Waals surface area contributed by atoms with Crippen LogP contribution in [0.25, 0.3) is 0 Å². The zero-order valence-electron chi connectivity index (χ0n) is 11.2. The molecule has 1 aromatic carbocycles. The van der Waals surface area contributed by atoms with Crippen LogP contribution < -0.4 is 0 Å². The Balaban J connectivity index is 1.81. The summed E-state index contributed by atoms with van der Waals surface area (Å²) in [7, 11) is 0. The number of hydrazone groups is 1. The molecule has 1 aliphatic heterocycles. The van der Waals surface area contributed by atoms with Crippen LogP contribution >= 0.6 is 11.9 Å². The van der Waals surface area contributed by atoms with Crippen molar-refractivity contribution in [1.29, 1.82) is 0 Å². The van der Waals surface area contributed by atoms with Crippen molar-refractivity contribution in [3.63, 3.8) is 0 Å². The fraction of sp³-hybridized carbons (Fsp3) is 0.286. The van der Waals surface area contributed by atoms with Gasteiger partial charge in [0, 0.05) is 34.5 Å². The van der Waals surface area contributed by atoms with Crippen LogP contribution in [0.1, 0.15) is 36.0 Å². The van der Waals surface area contributed by atoms with Crippen molar-refractivity contribution in [3.05, 3.63) is 50.4 Å². The molecule has 1 amide bonds. The number of hydrogen-bond donors (Lipinski definition) is 0. The van der Waals surface area contributed by atoms with Crippen molar-refractivity contribution in [2.45, 2.75) is 25.7 Å². The minimum atomic E-state index is -0.509. The van der Waals surface area contributed by atoms with Gasteiger partial charge in [0.15, 0.2) is 0 Å². The topological polar surface area (TPSA) is 75.8 Å². The van der Waals surface area contributed by atoms with Gasteiger partial charge in [0.1, 0.15) is 0 Å². The Labute approximate surface area is 125 Å². The molecule has 0 bridgehead atoms. The molecule has 1 heterocycles. The summed E-state index contributed by atoms with van der Waals surface area (Å²) >= 11 is 1.33. The van der Waals surface area contributed by atoms with E-state index in [1.165, 1.54) is 45.0 Å². The maximum absolute atomic E-state index is 12.4. The molecule has 0 saturated carbocycles. The first-order valence-electron chi connectivity index (χ1n) is 6.68. The molecule has 2 aliphatic rings. The average molecular weight is 303 g/mol. The predicted octanol–water partition coefficient (Wildman–Crippen LogP) is 3.51. The number of hydrogen-bond acceptors (Lipinski definition) is 5. The fourth-order valence-electron chi connectivity index (χ4n) is 2.35. The molecular formula is C14H13N3O3S. The maximum atomic E-state index is 12.4. The van der Waals surface area contributed by atoms with E-state index in [0.29, 0.717) is 0 Å². The SMILES string of the molecule is O=C(c1cccc([N+](=O)[O-])c1)N1N=CC2=C(CCCC2)S1. The third-order valence-electron chi connectivity index (χ3n) is 3.45. The number of benzene rings is 1. The van der Waals surface area contributed by atoms with Crippen molar-refractivity contribution in [3.8, 4) is 0 Å². The molecule has 0 saturated heterocycles. The van der Waals surface area contributed by atoms with Crippen molar-refractivity contribution in [2.75, 3.05) is 0 Å². The lowest BCUT2D eigenvalue weighted by Gasteiger charge is -2.25. The number of nitrogens with zero attached hydrogens (tertiary/aromatic N) is 3. The van der Waals surface area contributed by atoms with Gasteiger partial charge in [-0.1, -0.05) is 6.07 Å². The quantitative estimate of drug-likeness (QED) is 0.476. The third-order valence-corrected chi connectivity index (χ3v) is 4.57. The standard InChI is InChI=1S/C14H13N3O3S/c18-14(10-5-3-6-12(8-10)17(19)20)16-15-9-11-4-1-2-7-13(11)21-16/h3,5-6,8-9H,1-2,4,7H2. The van der Waals surface area contributed by atoms with E-state index >= 15 is 0 Å². The lowest BCUT2D eigenvalue weighted by Crippen LogP contribution is -2.23. The van der Waals surface area contributed by atoms with Crippen molar-refractivity contribution in [1.82, 2.24) is 4.41 Å². The molecule has 0 radical (unpaired) electrons. The molecule has 0 N–H and O–H groups in total. The number of nitro benzene ring substituents is 1. The first-order valence-corrected chi connectivity index (χ1v) is 7.45. The van der Waals surface area contributed by atoms with Gasteiger partial charge >= 0.3 is 0 Å². The Morgan fingerprint density at radius 3 is 2.95 bits per heavy atom. The Morgan fingerprint density at radius 2 is 2.14 bits per heavy atom.